The average molecular weight is 184 g/mol. The monoisotopic (exact) mass is 184 g/mol. The zero-order chi connectivity index (χ0) is 9.27. The van der Waals surface area contributed by atoms with Crippen LogP contribution < -0.4 is 0 Å². The van der Waals surface area contributed by atoms with Gasteiger partial charge < -0.3 is 15.3 Å². The Kier molecular flexibility index (Phi) is 1.33. The van der Waals surface area contributed by atoms with Crippen molar-refractivity contribution in [2.45, 2.75) is 49.4 Å². The topological polar surface area (TPSA) is 60.7 Å². The SMILES string of the molecule is OC1C2CC3(O)CC1CC(O)(C2)C3. The van der Waals surface area contributed by atoms with E-state index in [1.165, 1.54) is 0 Å². The summed E-state index contributed by atoms with van der Waals surface area (Å²) in [6, 6.07) is 0. The molecule has 0 aromatic heterocycles. The fraction of sp³-hybridized carbons (Fsp3) is 1.00. The second kappa shape index (κ2) is 2.10. The number of aliphatic hydroxyl groups is 3. The first-order chi connectivity index (χ1) is 6.00. The molecule has 4 aliphatic carbocycles. The molecule has 0 unspecified atom stereocenters. The van der Waals surface area contributed by atoms with Gasteiger partial charge in [-0.2, -0.15) is 0 Å². The molecule has 0 atom stereocenters. The van der Waals surface area contributed by atoms with Gasteiger partial charge in [0, 0.05) is 6.42 Å². The van der Waals surface area contributed by atoms with Gasteiger partial charge in [-0.25, -0.2) is 0 Å². The van der Waals surface area contributed by atoms with Gasteiger partial charge in [-0.1, -0.05) is 0 Å². The Labute approximate surface area is 77.4 Å². The van der Waals surface area contributed by atoms with Crippen molar-refractivity contribution in [3.05, 3.63) is 0 Å². The first kappa shape index (κ1) is 8.21. The van der Waals surface area contributed by atoms with Crippen LogP contribution in [0.2, 0.25) is 0 Å². The Balaban J connectivity index is 1.99. The summed E-state index contributed by atoms with van der Waals surface area (Å²) in [6.07, 6.45) is 3.00. The average Bonchev–Trinajstić information content (AvgIpc) is 1.94. The second-order valence-electron chi connectivity index (χ2n) is 5.45. The maximum atomic E-state index is 10.1. The number of aliphatic hydroxyl groups excluding tert-OH is 1. The summed E-state index contributed by atoms with van der Waals surface area (Å²) in [4.78, 5) is 0. The molecule has 4 aliphatic rings. The molecule has 0 aromatic rings. The van der Waals surface area contributed by atoms with Crippen LogP contribution in [0.25, 0.3) is 0 Å². The van der Waals surface area contributed by atoms with Crippen molar-refractivity contribution in [3.8, 4) is 0 Å². The largest absolute Gasteiger partial charge is 0.393 e. The fourth-order valence-corrected chi connectivity index (χ4v) is 4.03. The lowest BCUT2D eigenvalue weighted by atomic mass is 9.51. The van der Waals surface area contributed by atoms with Crippen molar-refractivity contribution in [1.82, 2.24) is 0 Å². The van der Waals surface area contributed by atoms with Crippen LogP contribution in [0.3, 0.4) is 0 Å². The van der Waals surface area contributed by atoms with E-state index in [1.54, 1.807) is 0 Å². The lowest BCUT2D eigenvalue weighted by Crippen LogP contribution is -2.63. The van der Waals surface area contributed by atoms with Gasteiger partial charge >= 0.3 is 0 Å². The van der Waals surface area contributed by atoms with Crippen LogP contribution in [-0.4, -0.2) is 32.6 Å². The summed E-state index contributed by atoms with van der Waals surface area (Å²) in [5.74, 6) is 0.271. The summed E-state index contributed by atoms with van der Waals surface area (Å²) >= 11 is 0. The molecule has 4 saturated carbocycles. The van der Waals surface area contributed by atoms with Crippen LogP contribution in [-0.2, 0) is 0 Å². The Morgan fingerprint density at radius 2 is 1.23 bits per heavy atom. The highest BCUT2D eigenvalue weighted by Crippen LogP contribution is 2.57. The molecule has 4 bridgehead atoms. The third-order valence-corrected chi connectivity index (χ3v) is 4.19. The molecule has 0 spiro atoms. The molecule has 4 rings (SSSR count). The van der Waals surface area contributed by atoms with E-state index < -0.39 is 11.2 Å². The molecular formula is C10H16O3. The Hall–Kier alpha value is -0.120. The van der Waals surface area contributed by atoms with Crippen molar-refractivity contribution >= 4 is 0 Å². The molecule has 3 heteroatoms. The summed E-state index contributed by atoms with van der Waals surface area (Å²) < 4.78 is 0. The molecule has 0 aromatic carbocycles. The predicted octanol–water partition coefficient (Wildman–Crippen LogP) is 0.0332. The highest BCUT2D eigenvalue weighted by atomic mass is 16.3. The highest BCUT2D eigenvalue weighted by molar-refractivity contribution is 5.11. The van der Waals surface area contributed by atoms with E-state index in [2.05, 4.69) is 0 Å². The van der Waals surface area contributed by atoms with Gasteiger partial charge in [0.25, 0.3) is 0 Å². The lowest BCUT2D eigenvalue weighted by molar-refractivity contribution is -0.234. The van der Waals surface area contributed by atoms with E-state index in [0.717, 1.165) is 0 Å². The van der Waals surface area contributed by atoms with Gasteiger partial charge in [0.2, 0.25) is 0 Å². The van der Waals surface area contributed by atoms with Crippen LogP contribution in [0.4, 0.5) is 0 Å². The Morgan fingerprint density at radius 3 is 1.62 bits per heavy atom. The Morgan fingerprint density at radius 1 is 0.846 bits per heavy atom. The second-order valence-corrected chi connectivity index (χ2v) is 5.45. The predicted molar refractivity (Wildman–Crippen MR) is 46.0 cm³/mol. The van der Waals surface area contributed by atoms with E-state index >= 15 is 0 Å². The molecule has 13 heavy (non-hydrogen) atoms. The van der Waals surface area contributed by atoms with Gasteiger partial charge in [0.1, 0.15) is 0 Å². The number of hydrogen-bond donors (Lipinski definition) is 3. The first-order valence-electron chi connectivity index (χ1n) is 5.13. The van der Waals surface area contributed by atoms with Crippen LogP contribution in [0, 0.1) is 11.8 Å². The normalized spacial score (nSPS) is 64.4. The molecule has 0 radical (unpaired) electrons. The van der Waals surface area contributed by atoms with Crippen molar-refractivity contribution < 1.29 is 15.3 Å². The van der Waals surface area contributed by atoms with Crippen molar-refractivity contribution in [3.63, 3.8) is 0 Å². The van der Waals surface area contributed by atoms with Gasteiger partial charge in [-0.3, -0.25) is 0 Å². The molecular weight excluding hydrogens is 168 g/mol. The van der Waals surface area contributed by atoms with E-state index in [1.807, 2.05) is 0 Å². The maximum absolute atomic E-state index is 10.1. The van der Waals surface area contributed by atoms with Crippen molar-refractivity contribution in [2.24, 2.45) is 11.8 Å². The summed E-state index contributed by atoms with van der Waals surface area (Å²) in [6.45, 7) is 0. The zero-order valence-electron chi connectivity index (χ0n) is 7.61. The third kappa shape index (κ3) is 1.01. The molecule has 3 nitrogen and oxygen atoms in total. The molecule has 0 amide bonds. The van der Waals surface area contributed by atoms with Crippen LogP contribution in [0.5, 0.6) is 0 Å². The molecule has 3 N–H and O–H groups in total. The van der Waals surface area contributed by atoms with Gasteiger partial charge in [0.05, 0.1) is 17.3 Å². The highest BCUT2D eigenvalue weighted by Gasteiger charge is 2.60. The zero-order valence-corrected chi connectivity index (χ0v) is 7.61. The smallest absolute Gasteiger partial charge is 0.0682 e. The fourth-order valence-electron chi connectivity index (χ4n) is 4.03. The van der Waals surface area contributed by atoms with E-state index in [9.17, 15) is 15.3 Å². The minimum atomic E-state index is -0.667. The minimum Gasteiger partial charge on any atom is -0.393 e. The third-order valence-electron chi connectivity index (χ3n) is 4.19. The number of hydrogen-bond acceptors (Lipinski definition) is 3. The summed E-state index contributed by atoms with van der Waals surface area (Å²) in [5, 5.41) is 30.1. The standard InChI is InChI=1S/C10H16O3/c11-8-6-1-9(12)3-7(8)4-10(13,2-6)5-9/h6-8,11-13H,1-5H2. The molecule has 0 heterocycles. The molecule has 74 valence electrons. The van der Waals surface area contributed by atoms with E-state index in [4.69, 9.17) is 0 Å². The van der Waals surface area contributed by atoms with Crippen LogP contribution >= 0.6 is 0 Å². The van der Waals surface area contributed by atoms with Gasteiger partial charge in [0.15, 0.2) is 0 Å². The molecule has 4 fully saturated rings. The van der Waals surface area contributed by atoms with Gasteiger partial charge in [-0.15, -0.1) is 0 Å². The number of rotatable bonds is 0. The van der Waals surface area contributed by atoms with Crippen LogP contribution in [0.15, 0.2) is 0 Å². The maximum Gasteiger partial charge on any atom is 0.0682 e. The lowest BCUT2D eigenvalue weighted by Gasteiger charge is -2.59. The molecule has 0 aliphatic heterocycles. The summed E-state index contributed by atoms with van der Waals surface area (Å²) in [7, 11) is 0. The minimum absolute atomic E-state index is 0.135. The van der Waals surface area contributed by atoms with E-state index in [0.29, 0.717) is 32.1 Å². The summed E-state index contributed by atoms with van der Waals surface area (Å²) in [5.41, 5.74) is -1.33. The van der Waals surface area contributed by atoms with Gasteiger partial charge in [-0.05, 0) is 37.5 Å². The molecule has 0 saturated heterocycles. The van der Waals surface area contributed by atoms with Crippen molar-refractivity contribution in [1.29, 1.82) is 0 Å². The Bertz CT molecular complexity index is 215. The van der Waals surface area contributed by atoms with Crippen LogP contribution in [0.1, 0.15) is 32.1 Å². The van der Waals surface area contributed by atoms with E-state index in [-0.39, 0.29) is 17.9 Å². The quantitative estimate of drug-likeness (QED) is 0.498. The van der Waals surface area contributed by atoms with Crippen molar-refractivity contribution in [2.75, 3.05) is 0 Å². The first-order valence-corrected chi connectivity index (χ1v) is 5.13.